The minimum absolute atomic E-state index is 0.354. The smallest absolute Gasteiger partial charge is 0.351 e. The van der Waals surface area contributed by atoms with Crippen LogP contribution < -0.4 is 10.8 Å². The first-order valence-corrected chi connectivity index (χ1v) is 9.56. The van der Waals surface area contributed by atoms with Gasteiger partial charge in [0.1, 0.15) is 5.60 Å². The predicted octanol–water partition coefficient (Wildman–Crippen LogP) is 4.18. The van der Waals surface area contributed by atoms with Crippen molar-refractivity contribution in [2.24, 2.45) is 0 Å². The number of benzene rings is 2. The van der Waals surface area contributed by atoms with Crippen LogP contribution in [0.15, 0.2) is 54.6 Å². The molecule has 1 amide bonds. The van der Waals surface area contributed by atoms with Crippen molar-refractivity contribution in [2.45, 2.75) is 32.3 Å². The highest BCUT2D eigenvalue weighted by Crippen LogP contribution is 2.34. The molecule has 6 nitrogen and oxygen atoms in total. The van der Waals surface area contributed by atoms with E-state index in [1.165, 1.54) is 5.56 Å². The van der Waals surface area contributed by atoms with Crippen LogP contribution >= 0.6 is 0 Å². The van der Waals surface area contributed by atoms with E-state index in [1.807, 2.05) is 31.2 Å². The Kier molecular flexibility index (Phi) is 5.07. The zero-order valence-corrected chi connectivity index (χ0v) is 16.2. The van der Waals surface area contributed by atoms with Gasteiger partial charge < -0.3 is 4.84 Å². The van der Waals surface area contributed by atoms with E-state index >= 15 is 0 Å². The fraction of sp³-hybridized carbons (Fsp3) is 0.318. The zero-order chi connectivity index (χ0) is 19.6. The molecule has 6 heteroatoms. The van der Waals surface area contributed by atoms with Gasteiger partial charge in [-0.1, -0.05) is 42.0 Å². The van der Waals surface area contributed by atoms with Crippen molar-refractivity contribution in [1.29, 1.82) is 0 Å². The third kappa shape index (κ3) is 4.18. The van der Waals surface area contributed by atoms with E-state index < -0.39 is 6.09 Å². The van der Waals surface area contributed by atoms with Crippen LogP contribution in [0.2, 0.25) is 0 Å². The maximum atomic E-state index is 12.1. The van der Waals surface area contributed by atoms with Gasteiger partial charge in [0.2, 0.25) is 0 Å². The second-order valence-electron chi connectivity index (χ2n) is 7.50. The van der Waals surface area contributed by atoms with E-state index in [2.05, 4.69) is 48.1 Å². The lowest BCUT2D eigenvalue weighted by atomic mass is 9.91. The van der Waals surface area contributed by atoms with Gasteiger partial charge in [-0.05, 0) is 56.0 Å². The van der Waals surface area contributed by atoms with Gasteiger partial charge in [0.15, 0.2) is 0 Å². The number of carbonyl (C=O) groups is 1. The standard InChI is InChI=1S/C22H25N3O3/c1-16-6-8-18(9-7-16)20-15-22(28-24-20)10-12-25(13-11-22)27-21(26)23-19-5-3-4-17(2)14-19/h3-9,14-15,24H,10-13H2,1-2H3,(H,23,26). The maximum Gasteiger partial charge on any atom is 0.430 e. The summed E-state index contributed by atoms with van der Waals surface area (Å²) in [6, 6.07) is 16.0. The third-order valence-corrected chi connectivity index (χ3v) is 5.18. The van der Waals surface area contributed by atoms with Gasteiger partial charge in [-0.3, -0.25) is 15.6 Å². The normalized spacial score (nSPS) is 18.4. The largest absolute Gasteiger partial charge is 0.430 e. The Labute approximate surface area is 165 Å². The van der Waals surface area contributed by atoms with Crippen LogP contribution in [0.5, 0.6) is 0 Å². The molecule has 1 fully saturated rings. The highest BCUT2D eigenvalue weighted by molar-refractivity contribution is 5.84. The number of nitrogens with one attached hydrogen (secondary N) is 2. The molecule has 2 aliphatic heterocycles. The van der Waals surface area contributed by atoms with Crippen molar-refractivity contribution in [3.63, 3.8) is 0 Å². The molecule has 2 heterocycles. The average molecular weight is 379 g/mol. The minimum atomic E-state index is -0.470. The number of piperidine rings is 1. The average Bonchev–Trinajstić information content (AvgIpc) is 3.08. The SMILES string of the molecule is Cc1ccc(C2=CC3(CCN(OC(=O)Nc4cccc(C)c4)CC3)ON2)cc1. The van der Waals surface area contributed by atoms with Crippen LogP contribution in [0.3, 0.4) is 0 Å². The molecule has 0 unspecified atom stereocenters. The van der Waals surface area contributed by atoms with Crippen LogP contribution in [0.4, 0.5) is 10.5 Å². The first-order valence-electron chi connectivity index (χ1n) is 9.56. The van der Waals surface area contributed by atoms with Crippen molar-refractivity contribution >= 4 is 17.5 Å². The van der Waals surface area contributed by atoms with Gasteiger partial charge in [-0.2, -0.15) is 0 Å². The fourth-order valence-electron chi connectivity index (χ4n) is 3.54. The quantitative estimate of drug-likeness (QED) is 0.838. The van der Waals surface area contributed by atoms with Crippen LogP contribution in [-0.4, -0.2) is 29.8 Å². The summed E-state index contributed by atoms with van der Waals surface area (Å²) in [5.74, 6) is 0. The van der Waals surface area contributed by atoms with Gasteiger partial charge in [0.05, 0.1) is 5.70 Å². The van der Waals surface area contributed by atoms with Gasteiger partial charge in [-0.15, -0.1) is 5.06 Å². The minimum Gasteiger partial charge on any atom is -0.351 e. The number of hydrogen-bond donors (Lipinski definition) is 2. The second-order valence-corrected chi connectivity index (χ2v) is 7.50. The number of carbonyl (C=O) groups excluding carboxylic acids is 1. The van der Waals surface area contributed by atoms with Gasteiger partial charge in [0, 0.05) is 18.8 Å². The molecule has 0 radical (unpaired) electrons. The van der Waals surface area contributed by atoms with Crippen molar-refractivity contribution in [3.05, 3.63) is 71.3 Å². The zero-order valence-electron chi connectivity index (χ0n) is 16.2. The lowest BCUT2D eigenvalue weighted by Crippen LogP contribution is -2.45. The predicted molar refractivity (Wildman–Crippen MR) is 108 cm³/mol. The molecule has 0 aromatic heterocycles. The van der Waals surface area contributed by atoms with E-state index in [4.69, 9.17) is 9.68 Å². The highest BCUT2D eigenvalue weighted by Gasteiger charge is 2.39. The fourth-order valence-corrected chi connectivity index (χ4v) is 3.54. The Balaban J connectivity index is 1.32. The molecule has 28 heavy (non-hydrogen) atoms. The van der Waals surface area contributed by atoms with Crippen LogP contribution in [0.25, 0.3) is 5.70 Å². The molecule has 0 atom stereocenters. The molecule has 2 aromatic carbocycles. The molecule has 0 aliphatic carbocycles. The number of aryl methyl sites for hydroxylation is 2. The Bertz CT molecular complexity index is 884. The summed E-state index contributed by atoms with van der Waals surface area (Å²) in [5, 5.41) is 4.46. The Morgan fingerprint density at radius 1 is 1.11 bits per heavy atom. The highest BCUT2D eigenvalue weighted by atomic mass is 16.7. The summed E-state index contributed by atoms with van der Waals surface area (Å²) in [6.45, 7) is 5.28. The molecule has 2 aromatic rings. The van der Waals surface area contributed by atoms with Crippen molar-refractivity contribution in [3.8, 4) is 0 Å². The molecule has 2 aliphatic rings. The summed E-state index contributed by atoms with van der Waals surface area (Å²) in [7, 11) is 0. The molecule has 1 saturated heterocycles. The summed E-state index contributed by atoms with van der Waals surface area (Å²) in [4.78, 5) is 23.5. The van der Waals surface area contributed by atoms with Crippen molar-refractivity contribution in [2.75, 3.05) is 18.4 Å². The van der Waals surface area contributed by atoms with E-state index in [0.717, 1.165) is 35.4 Å². The second kappa shape index (κ2) is 7.66. The Morgan fingerprint density at radius 2 is 1.86 bits per heavy atom. The van der Waals surface area contributed by atoms with E-state index in [9.17, 15) is 4.79 Å². The third-order valence-electron chi connectivity index (χ3n) is 5.18. The van der Waals surface area contributed by atoms with Gasteiger partial charge in [0.25, 0.3) is 0 Å². The molecule has 2 N–H and O–H groups in total. The molecule has 4 rings (SSSR count). The number of rotatable bonds is 3. The first kappa shape index (κ1) is 18.5. The Morgan fingerprint density at radius 3 is 2.57 bits per heavy atom. The number of hydrogen-bond acceptors (Lipinski definition) is 5. The Hall–Kier alpha value is -2.83. The molecule has 146 valence electrons. The molecule has 0 saturated carbocycles. The molecule has 1 spiro atoms. The number of nitrogens with zero attached hydrogens (tertiary/aromatic N) is 1. The molecule has 0 bridgehead atoms. The summed E-state index contributed by atoms with van der Waals surface area (Å²) < 4.78 is 0. The van der Waals surface area contributed by atoms with Crippen LogP contribution in [-0.2, 0) is 9.68 Å². The molecular weight excluding hydrogens is 354 g/mol. The topological polar surface area (TPSA) is 62.8 Å². The number of anilines is 1. The van der Waals surface area contributed by atoms with E-state index in [-0.39, 0.29) is 5.60 Å². The van der Waals surface area contributed by atoms with Gasteiger partial charge >= 0.3 is 6.09 Å². The van der Waals surface area contributed by atoms with E-state index in [1.54, 1.807) is 5.06 Å². The summed E-state index contributed by atoms with van der Waals surface area (Å²) in [5.41, 5.74) is 7.86. The first-order chi connectivity index (χ1) is 13.5. The maximum absolute atomic E-state index is 12.1. The van der Waals surface area contributed by atoms with E-state index in [0.29, 0.717) is 13.1 Å². The summed E-state index contributed by atoms with van der Waals surface area (Å²) >= 11 is 0. The van der Waals surface area contributed by atoms with Crippen molar-refractivity contribution in [1.82, 2.24) is 10.5 Å². The van der Waals surface area contributed by atoms with Gasteiger partial charge in [-0.25, -0.2) is 4.79 Å². The van der Waals surface area contributed by atoms with Crippen molar-refractivity contribution < 1.29 is 14.5 Å². The van der Waals surface area contributed by atoms with Crippen LogP contribution in [0.1, 0.15) is 29.5 Å². The summed E-state index contributed by atoms with van der Waals surface area (Å²) in [6.07, 6.45) is 3.17. The number of hydroxylamine groups is 3. The molecular formula is C22H25N3O3. The lowest BCUT2D eigenvalue weighted by Gasteiger charge is -2.35. The monoisotopic (exact) mass is 379 g/mol. The van der Waals surface area contributed by atoms with Crippen LogP contribution in [0, 0.1) is 13.8 Å². The lowest BCUT2D eigenvalue weighted by molar-refractivity contribution is -0.153. The number of amides is 1.